The average molecular weight is 345 g/mol. The van der Waals surface area contributed by atoms with Crippen LogP contribution in [-0.2, 0) is 6.54 Å². The van der Waals surface area contributed by atoms with Gasteiger partial charge < -0.3 is 19.2 Å². The molecule has 0 radical (unpaired) electrons. The van der Waals surface area contributed by atoms with Gasteiger partial charge in [0.1, 0.15) is 17.3 Å². The fourth-order valence-corrected chi connectivity index (χ4v) is 3.19. The van der Waals surface area contributed by atoms with Crippen LogP contribution in [0.15, 0.2) is 22.6 Å². The highest BCUT2D eigenvalue weighted by atomic mass is 16.5. The van der Waals surface area contributed by atoms with E-state index in [2.05, 4.69) is 17.1 Å². The molecule has 136 valence electrons. The monoisotopic (exact) mass is 345 g/mol. The molecule has 0 spiro atoms. The highest BCUT2D eigenvalue weighted by Crippen LogP contribution is 2.34. The smallest absolute Gasteiger partial charge is 0.230 e. The third-order valence-electron chi connectivity index (χ3n) is 4.74. The number of nitrogens with zero attached hydrogens (tertiary/aromatic N) is 2. The Morgan fingerprint density at radius 3 is 2.88 bits per heavy atom. The van der Waals surface area contributed by atoms with Gasteiger partial charge in [0.15, 0.2) is 0 Å². The second kappa shape index (κ2) is 7.89. The number of hydrogen-bond acceptors (Lipinski definition) is 6. The number of aryl methyl sites for hydroxylation is 1. The summed E-state index contributed by atoms with van der Waals surface area (Å²) < 4.78 is 16.7. The van der Waals surface area contributed by atoms with Crippen molar-refractivity contribution >= 4 is 0 Å². The van der Waals surface area contributed by atoms with Gasteiger partial charge in [-0.2, -0.15) is 0 Å². The number of methoxy groups -OCH3 is 2. The second-order valence-electron chi connectivity index (χ2n) is 6.38. The zero-order valence-electron chi connectivity index (χ0n) is 15.5. The van der Waals surface area contributed by atoms with E-state index in [-0.39, 0.29) is 0 Å². The van der Waals surface area contributed by atoms with Crippen molar-refractivity contribution in [2.24, 2.45) is 0 Å². The van der Waals surface area contributed by atoms with E-state index in [1.165, 1.54) is 0 Å². The van der Waals surface area contributed by atoms with E-state index in [0.717, 1.165) is 61.1 Å². The van der Waals surface area contributed by atoms with E-state index in [1.54, 1.807) is 14.2 Å². The minimum Gasteiger partial charge on any atom is -0.497 e. The number of nitrogens with one attached hydrogen (secondary N) is 1. The van der Waals surface area contributed by atoms with Gasteiger partial charge in [-0.25, -0.2) is 4.98 Å². The molecule has 0 aliphatic carbocycles. The number of oxazole rings is 1. The Kier molecular flexibility index (Phi) is 5.60. The first kappa shape index (κ1) is 17.8. The van der Waals surface area contributed by atoms with Gasteiger partial charge in [0.05, 0.1) is 25.5 Å². The van der Waals surface area contributed by atoms with Gasteiger partial charge in [-0.05, 0) is 31.5 Å². The van der Waals surface area contributed by atoms with Gasteiger partial charge in [-0.3, -0.25) is 4.90 Å². The average Bonchev–Trinajstić information content (AvgIpc) is 3.01. The standard InChI is InChI=1S/C19H27N3O3/c1-5-14-11-22(9-8-20-14)12-17-13(2)25-19(21-17)16-10-15(23-3)6-7-18(16)24-4/h6-7,10,14,20H,5,8-9,11-12H2,1-4H3/t14-/m1/s1. The van der Waals surface area contributed by atoms with E-state index in [9.17, 15) is 0 Å². The molecule has 25 heavy (non-hydrogen) atoms. The van der Waals surface area contributed by atoms with E-state index >= 15 is 0 Å². The first-order valence-corrected chi connectivity index (χ1v) is 8.79. The minimum atomic E-state index is 0.555. The molecule has 0 amide bonds. The van der Waals surface area contributed by atoms with Crippen molar-refractivity contribution < 1.29 is 13.9 Å². The number of benzene rings is 1. The van der Waals surface area contributed by atoms with E-state index < -0.39 is 0 Å². The summed E-state index contributed by atoms with van der Waals surface area (Å²) >= 11 is 0. The Bertz CT molecular complexity index is 714. The quantitative estimate of drug-likeness (QED) is 0.869. The number of piperazine rings is 1. The van der Waals surface area contributed by atoms with Crippen LogP contribution >= 0.6 is 0 Å². The Hall–Kier alpha value is -2.05. The topological polar surface area (TPSA) is 59.8 Å². The van der Waals surface area contributed by atoms with Crippen molar-refractivity contribution in [2.75, 3.05) is 33.9 Å². The molecule has 1 saturated heterocycles. The number of hydrogen-bond donors (Lipinski definition) is 1. The maximum Gasteiger partial charge on any atom is 0.230 e. The molecule has 6 nitrogen and oxygen atoms in total. The van der Waals surface area contributed by atoms with E-state index in [0.29, 0.717) is 11.9 Å². The van der Waals surface area contributed by atoms with Crippen LogP contribution in [0.25, 0.3) is 11.5 Å². The molecule has 1 fully saturated rings. The molecule has 0 unspecified atom stereocenters. The molecular weight excluding hydrogens is 318 g/mol. The molecule has 1 aromatic carbocycles. The lowest BCUT2D eigenvalue weighted by molar-refractivity contribution is 0.187. The summed E-state index contributed by atoms with van der Waals surface area (Å²) in [6, 6.07) is 6.19. The van der Waals surface area contributed by atoms with Gasteiger partial charge in [-0.1, -0.05) is 6.92 Å². The van der Waals surface area contributed by atoms with Crippen LogP contribution < -0.4 is 14.8 Å². The van der Waals surface area contributed by atoms with E-state index in [1.807, 2.05) is 25.1 Å². The van der Waals surface area contributed by atoms with Crippen molar-refractivity contribution in [3.8, 4) is 23.0 Å². The van der Waals surface area contributed by atoms with E-state index in [4.69, 9.17) is 18.9 Å². The summed E-state index contributed by atoms with van der Waals surface area (Å²) in [7, 11) is 3.29. The van der Waals surface area contributed by atoms with Gasteiger partial charge in [0.25, 0.3) is 0 Å². The normalized spacial score (nSPS) is 18.3. The highest BCUT2D eigenvalue weighted by Gasteiger charge is 2.22. The molecule has 6 heteroatoms. The summed E-state index contributed by atoms with van der Waals surface area (Å²) in [6.07, 6.45) is 1.14. The third-order valence-corrected chi connectivity index (χ3v) is 4.74. The predicted octanol–water partition coefficient (Wildman–Crippen LogP) is 2.85. The van der Waals surface area contributed by atoms with Gasteiger partial charge >= 0.3 is 0 Å². The zero-order chi connectivity index (χ0) is 17.8. The van der Waals surface area contributed by atoms with Crippen molar-refractivity contribution in [3.63, 3.8) is 0 Å². The Morgan fingerprint density at radius 2 is 2.16 bits per heavy atom. The predicted molar refractivity (Wildman–Crippen MR) is 97.1 cm³/mol. The largest absolute Gasteiger partial charge is 0.497 e. The molecule has 0 bridgehead atoms. The Labute approximate surface area is 149 Å². The van der Waals surface area contributed by atoms with Crippen molar-refractivity contribution in [1.29, 1.82) is 0 Å². The van der Waals surface area contributed by atoms with Crippen LogP contribution in [0.2, 0.25) is 0 Å². The zero-order valence-corrected chi connectivity index (χ0v) is 15.5. The van der Waals surface area contributed by atoms with Gasteiger partial charge in [0, 0.05) is 32.2 Å². The molecule has 1 aromatic heterocycles. The van der Waals surface area contributed by atoms with Crippen LogP contribution in [-0.4, -0.2) is 49.8 Å². The van der Waals surface area contributed by atoms with Crippen molar-refractivity contribution in [1.82, 2.24) is 15.2 Å². The summed E-state index contributed by atoms with van der Waals surface area (Å²) in [4.78, 5) is 7.18. The lowest BCUT2D eigenvalue weighted by atomic mass is 10.1. The molecule has 0 saturated carbocycles. The first-order chi connectivity index (χ1) is 12.1. The van der Waals surface area contributed by atoms with Crippen molar-refractivity contribution in [2.45, 2.75) is 32.9 Å². The molecule has 3 rings (SSSR count). The Morgan fingerprint density at radius 1 is 1.32 bits per heavy atom. The van der Waals surface area contributed by atoms with Crippen molar-refractivity contribution in [3.05, 3.63) is 29.7 Å². The third kappa shape index (κ3) is 3.96. The Balaban J connectivity index is 1.83. The number of rotatable bonds is 6. The summed E-state index contributed by atoms with van der Waals surface area (Å²) in [5.74, 6) is 2.90. The molecule has 1 atom stereocenters. The molecule has 2 heterocycles. The lowest BCUT2D eigenvalue weighted by Crippen LogP contribution is -2.49. The maximum absolute atomic E-state index is 5.95. The minimum absolute atomic E-state index is 0.555. The molecule has 1 aliphatic heterocycles. The molecule has 1 aliphatic rings. The highest BCUT2D eigenvalue weighted by molar-refractivity contribution is 5.65. The fourth-order valence-electron chi connectivity index (χ4n) is 3.19. The van der Waals surface area contributed by atoms with Crippen LogP contribution in [0.1, 0.15) is 24.8 Å². The van der Waals surface area contributed by atoms with Crippen LogP contribution in [0, 0.1) is 6.92 Å². The molecule has 2 aromatic rings. The summed E-state index contributed by atoms with van der Waals surface area (Å²) in [5.41, 5.74) is 1.79. The maximum atomic E-state index is 5.95. The van der Waals surface area contributed by atoms with Crippen LogP contribution in [0.5, 0.6) is 11.5 Å². The summed E-state index contributed by atoms with van der Waals surface area (Å²) in [5, 5.41) is 3.54. The lowest BCUT2D eigenvalue weighted by Gasteiger charge is -2.32. The molecular formula is C19H27N3O3. The SMILES string of the molecule is CC[C@@H]1CN(Cc2nc(-c3cc(OC)ccc3OC)oc2C)CCN1. The molecule has 1 N–H and O–H groups in total. The fraction of sp³-hybridized carbons (Fsp3) is 0.526. The summed E-state index contributed by atoms with van der Waals surface area (Å²) in [6.45, 7) is 8.08. The van der Waals surface area contributed by atoms with Gasteiger partial charge in [-0.15, -0.1) is 0 Å². The van der Waals surface area contributed by atoms with Crippen LogP contribution in [0.4, 0.5) is 0 Å². The van der Waals surface area contributed by atoms with Gasteiger partial charge in [0.2, 0.25) is 5.89 Å². The van der Waals surface area contributed by atoms with Crippen LogP contribution in [0.3, 0.4) is 0 Å². The first-order valence-electron chi connectivity index (χ1n) is 8.79. The second-order valence-corrected chi connectivity index (χ2v) is 6.38. The number of aromatic nitrogens is 1. The number of ether oxygens (including phenoxy) is 2.